The van der Waals surface area contributed by atoms with Crippen LogP contribution in [0.2, 0.25) is 0 Å². The molecule has 0 aromatic heterocycles. The van der Waals surface area contributed by atoms with Gasteiger partial charge in [-0.25, -0.2) is 4.79 Å². The molecular formula is C16H32O3. The first-order chi connectivity index (χ1) is 8.99. The number of carbonyl (C=O) groups excluding carboxylic acids is 1. The highest BCUT2D eigenvalue weighted by molar-refractivity contribution is 5.60. The third kappa shape index (κ3) is 9.80. The van der Waals surface area contributed by atoms with E-state index in [1.807, 2.05) is 0 Å². The molecule has 0 fully saturated rings. The van der Waals surface area contributed by atoms with Gasteiger partial charge in [0.1, 0.15) is 6.10 Å². The number of ether oxygens (including phenoxy) is 2. The highest BCUT2D eigenvalue weighted by Gasteiger charge is 2.22. The van der Waals surface area contributed by atoms with Gasteiger partial charge in [-0.15, -0.1) is 0 Å². The lowest BCUT2D eigenvalue weighted by Crippen LogP contribution is -2.29. The fourth-order valence-electron chi connectivity index (χ4n) is 2.22. The lowest BCUT2D eigenvalue weighted by atomic mass is 9.96. The molecule has 0 N–H and O–H groups in total. The second kappa shape index (κ2) is 11.1. The first-order valence-electron chi connectivity index (χ1n) is 7.82. The van der Waals surface area contributed by atoms with Crippen molar-refractivity contribution in [1.82, 2.24) is 0 Å². The van der Waals surface area contributed by atoms with E-state index in [1.165, 1.54) is 25.7 Å². The SMILES string of the molecule is CCCCCCCCOC(=O)OC(C(C)C)C(C)C. The maximum absolute atomic E-state index is 11.6. The van der Waals surface area contributed by atoms with E-state index in [4.69, 9.17) is 9.47 Å². The molecule has 0 aliphatic rings. The molecule has 0 saturated carbocycles. The van der Waals surface area contributed by atoms with Crippen molar-refractivity contribution in [2.45, 2.75) is 79.2 Å². The molecule has 0 bridgehead atoms. The van der Waals surface area contributed by atoms with Gasteiger partial charge in [-0.1, -0.05) is 66.7 Å². The van der Waals surface area contributed by atoms with Crippen molar-refractivity contribution in [3.05, 3.63) is 0 Å². The van der Waals surface area contributed by atoms with Crippen LogP contribution in [0.5, 0.6) is 0 Å². The van der Waals surface area contributed by atoms with Crippen molar-refractivity contribution in [3.63, 3.8) is 0 Å². The maximum Gasteiger partial charge on any atom is 0.508 e. The molecule has 0 saturated heterocycles. The van der Waals surface area contributed by atoms with Crippen LogP contribution in [0.15, 0.2) is 0 Å². The van der Waals surface area contributed by atoms with Gasteiger partial charge >= 0.3 is 6.16 Å². The van der Waals surface area contributed by atoms with Gasteiger partial charge in [-0.05, 0) is 18.3 Å². The Bertz CT molecular complexity index is 216. The van der Waals surface area contributed by atoms with Crippen molar-refractivity contribution >= 4 is 6.16 Å². The molecule has 3 nitrogen and oxygen atoms in total. The molecule has 0 aromatic rings. The van der Waals surface area contributed by atoms with Gasteiger partial charge in [0.05, 0.1) is 6.61 Å². The highest BCUT2D eigenvalue weighted by Crippen LogP contribution is 2.17. The average Bonchev–Trinajstić information content (AvgIpc) is 2.34. The topological polar surface area (TPSA) is 35.5 Å². The summed E-state index contributed by atoms with van der Waals surface area (Å²) < 4.78 is 10.5. The fourth-order valence-corrected chi connectivity index (χ4v) is 2.22. The number of hydrogen-bond donors (Lipinski definition) is 0. The van der Waals surface area contributed by atoms with Crippen molar-refractivity contribution in [2.24, 2.45) is 11.8 Å². The second-order valence-electron chi connectivity index (χ2n) is 5.94. The molecular weight excluding hydrogens is 240 g/mol. The summed E-state index contributed by atoms with van der Waals surface area (Å²) in [5.74, 6) is 0.642. The normalized spacial score (nSPS) is 11.4. The van der Waals surface area contributed by atoms with E-state index in [1.54, 1.807) is 0 Å². The second-order valence-corrected chi connectivity index (χ2v) is 5.94. The van der Waals surface area contributed by atoms with Crippen LogP contribution in [0.4, 0.5) is 4.79 Å². The van der Waals surface area contributed by atoms with Gasteiger partial charge in [0, 0.05) is 0 Å². The summed E-state index contributed by atoms with van der Waals surface area (Å²) >= 11 is 0. The van der Waals surface area contributed by atoms with Gasteiger partial charge in [-0.3, -0.25) is 0 Å². The van der Waals surface area contributed by atoms with Crippen molar-refractivity contribution in [3.8, 4) is 0 Å². The van der Waals surface area contributed by atoms with Crippen molar-refractivity contribution in [2.75, 3.05) is 6.61 Å². The minimum absolute atomic E-state index is 0.0583. The van der Waals surface area contributed by atoms with Crippen LogP contribution in [0.25, 0.3) is 0 Å². The fraction of sp³-hybridized carbons (Fsp3) is 0.938. The van der Waals surface area contributed by atoms with E-state index >= 15 is 0 Å². The zero-order valence-corrected chi connectivity index (χ0v) is 13.4. The molecule has 0 aromatic carbocycles. The monoisotopic (exact) mass is 272 g/mol. The van der Waals surface area contributed by atoms with Crippen LogP contribution in [0, 0.1) is 11.8 Å². The molecule has 0 unspecified atom stereocenters. The summed E-state index contributed by atoms with van der Waals surface area (Å²) in [6.07, 6.45) is 6.56. The molecule has 0 amide bonds. The maximum atomic E-state index is 11.6. The average molecular weight is 272 g/mol. The lowest BCUT2D eigenvalue weighted by Gasteiger charge is -2.24. The summed E-state index contributed by atoms with van der Waals surface area (Å²) in [6, 6.07) is 0. The number of carbonyl (C=O) groups is 1. The predicted octanol–water partition coefficient (Wildman–Crippen LogP) is 5.18. The molecule has 0 heterocycles. The molecule has 0 atom stereocenters. The Kier molecular flexibility index (Phi) is 10.7. The first-order valence-corrected chi connectivity index (χ1v) is 7.82. The highest BCUT2D eigenvalue weighted by atomic mass is 16.7. The zero-order chi connectivity index (χ0) is 14.7. The molecule has 0 aliphatic heterocycles. The summed E-state index contributed by atoms with van der Waals surface area (Å²) in [5, 5.41) is 0. The van der Waals surface area contributed by atoms with Crippen LogP contribution < -0.4 is 0 Å². The quantitative estimate of drug-likeness (QED) is 0.406. The van der Waals surface area contributed by atoms with E-state index in [2.05, 4.69) is 34.6 Å². The van der Waals surface area contributed by atoms with E-state index in [9.17, 15) is 4.79 Å². The molecule has 0 rings (SSSR count). The van der Waals surface area contributed by atoms with E-state index < -0.39 is 6.16 Å². The van der Waals surface area contributed by atoms with Gasteiger partial charge < -0.3 is 9.47 Å². The molecule has 3 heteroatoms. The van der Waals surface area contributed by atoms with Crippen molar-refractivity contribution < 1.29 is 14.3 Å². The zero-order valence-electron chi connectivity index (χ0n) is 13.4. The van der Waals surface area contributed by atoms with Gasteiger partial charge in [0.2, 0.25) is 0 Å². The van der Waals surface area contributed by atoms with Crippen LogP contribution in [0.3, 0.4) is 0 Å². The summed E-state index contributed by atoms with van der Waals surface area (Å²) in [5.41, 5.74) is 0. The third-order valence-electron chi connectivity index (χ3n) is 3.26. The van der Waals surface area contributed by atoms with Crippen LogP contribution in [-0.4, -0.2) is 18.9 Å². The Morgan fingerprint density at radius 3 is 1.95 bits per heavy atom. The van der Waals surface area contributed by atoms with Gasteiger partial charge in [0.25, 0.3) is 0 Å². The molecule has 0 aliphatic carbocycles. The minimum Gasteiger partial charge on any atom is -0.434 e. The van der Waals surface area contributed by atoms with E-state index in [-0.39, 0.29) is 6.10 Å². The minimum atomic E-state index is -0.513. The Hall–Kier alpha value is -0.730. The molecule has 19 heavy (non-hydrogen) atoms. The number of hydrogen-bond acceptors (Lipinski definition) is 3. The van der Waals surface area contributed by atoms with E-state index in [0.717, 1.165) is 12.8 Å². The lowest BCUT2D eigenvalue weighted by molar-refractivity contribution is -0.0110. The smallest absolute Gasteiger partial charge is 0.434 e. The summed E-state index contributed by atoms with van der Waals surface area (Å²) in [4.78, 5) is 11.6. The summed E-state index contributed by atoms with van der Waals surface area (Å²) in [6.45, 7) is 10.9. The van der Waals surface area contributed by atoms with Crippen LogP contribution in [0.1, 0.15) is 73.1 Å². The van der Waals surface area contributed by atoms with Crippen LogP contribution in [-0.2, 0) is 9.47 Å². The Labute approximate surface area is 119 Å². The molecule has 0 spiro atoms. The largest absolute Gasteiger partial charge is 0.508 e. The Morgan fingerprint density at radius 2 is 1.42 bits per heavy atom. The third-order valence-corrected chi connectivity index (χ3v) is 3.26. The van der Waals surface area contributed by atoms with E-state index in [0.29, 0.717) is 18.4 Å². The molecule has 114 valence electrons. The van der Waals surface area contributed by atoms with Crippen LogP contribution >= 0.6 is 0 Å². The summed E-state index contributed by atoms with van der Waals surface area (Å²) in [7, 11) is 0. The van der Waals surface area contributed by atoms with Gasteiger partial charge in [-0.2, -0.15) is 0 Å². The Balaban J connectivity index is 3.63. The number of unbranched alkanes of at least 4 members (excludes halogenated alkanes) is 5. The number of rotatable bonds is 10. The molecule has 0 radical (unpaired) electrons. The standard InChI is InChI=1S/C16H32O3/c1-6-7-8-9-10-11-12-18-16(17)19-15(13(2)3)14(4)5/h13-15H,6-12H2,1-5H3. The van der Waals surface area contributed by atoms with Crippen molar-refractivity contribution in [1.29, 1.82) is 0 Å². The van der Waals surface area contributed by atoms with Gasteiger partial charge in [0.15, 0.2) is 0 Å². The predicted molar refractivity (Wildman–Crippen MR) is 79.3 cm³/mol. The first kappa shape index (κ1) is 18.3. The Morgan fingerprint density at radius 1 is 0.895 bits per heavy atom.